The number of non-ortho nitro benzene ring substituents is 1. The van der Waals surface area contributed by atoms with Gasteiger partial charge in [-0.1, -0.05) is 0 Å². The van der Waals surface area contributed by atoms with Crippen molar-refractivity contribution < 1.29 is 19.2 Å². The monoisotopic (exact) mass is 270 g/mol. The molecule has 0 radical (unpaired) electrons. The molecule has 2 atom stereocenters. The maximum absolute atomic E-state index is 13.6. The van der Waals surface area contributed by atoms with E-state index in [-0.39, 0.29) is 24.0 Å². The summed E-state index contributed by atoms with van der Waals surface area (Å²) in [4.78, 5) is 9.83. The molecule has 104 valence electrons. The van der Waals surface area contributed by atoms with Gasteiger partial charge < -0.3 is 15.2 Å². The summed E-state index contributed by atoms with van der Waals surface area (Å²) >= 11 is 0. The van der Waals surface area contributed by atoms with Crippen LogP contribution in [0.4, 0.5) is 15.8 Å². The van der Waals surface area contributed by atoms with Crippen molar-refractivity contribution in [3.63, 3.8) is 0 Å². The van der Waals surface area contributed by atoms with E-state index in [1.54, 1.807) is 6.92 Å². The zero-order chi connectivity index (χ0) is 14.0. The van der Waals surface area contributed by atoms with Crippen molar-refractivity contribution in [1.29, 1.82) is 0 Å². The highest BCUT2D eigenvalue weighted by Gasteiger charge is 2.39. The number of ether oxygens (including phenoxy) is 1. The summed E-state index contributed by atoms with van der Waals surface area (Å²) in [5.74, 6) is -0.718. The van der Waals surface area contributed by atoms with Crippen molar-refractivity contribution in [3.8, 4) is 0 Å². The first-order valence-corrected chi connectivity index (χ1v) is 5.94. The summed E-state index contributed by atoms with van der Waals surface area (Å²) in [5.41, 5.74) is -1.23. The Labute approximate surface area is 109 Å². The third-order valence-corrected chi connectivity index (χ3v) is 3.41. The molecular formula is C12H15FN2O4. The number of benzene rings is 1. The number of nitrogens with one attached hydrogen (secondary N) is 1. The Balaban J connectivity index is 2.06. The molecule has 1 saturated heterocycles. The number of nitrogens with zero attached hydrogens (tertiary/aromatic N) is 1. The lowest BCUT2D eigenvalue weighted by atomic mass is 9.96. The third-order valence-electron chi connectivity index (χ3n) is 3.41. The summed E-state index contributed by atoms with van der Waals surface area (Å²) in [6, 6.07) is 3.35. The van der Waals surface area contributed by atoms with Gasteiger partial charge in [-0.15, -0.1) is 0 Å². The van der Waals surface area contributed by atoms with Crippen LogP contribution >= 0.6 is 0 Å². The van der Waals surface area contributed by atoms with Gasteiger partial charge in [-0.3, -0.25) is 10.1 Å². The average Bonchev–Trinajstić information content (AvgIpc) is 2.68. The number of nitro groups is 1. The fraction of sp³-hybridized carbons (Fsp3) is 0.500. The molecule has 1 aliphatic heterocycles. The molecule has 19 heavy (non-hydrogen) atoms. The van der Waals surface area contributed by atoms with E-state index in [0.29, 0.717) is 13.0 Å². The average molecular weight is 270 g/mol. The quantitative estimate of drug-likeness (QED) is 0.642. The molecule has 2 rings (SSSR count). The number of hydrogen-bond donors (Lipinski definition) is 2. The van der Waals surface area contributed by atoms with Crippen molar-refractivity contribution >= 4 is 11.4 Å². The van der Waals surface area contributed by atoms with Gasteiger partial charge in [0.15, 0.2) is 5.82 Å². The van der Waals surface area contributed by atoms with E-state index in [4.69, 9.17) is 4.74 Å². The maximum Gasteiger partial charge on any atom is 0.272 e. The molecule has 6 nitrogen and oxygen atoms in total. The zero-order valence-corrected chi connectivity index (χ0v) is 10.4. The molecule has 0 saturated carbocycles. The Morgan fingerprint density at radius 1 is 1.68 bits per heavy atom. The predicted molar refractivity (Wildman–Crippen MR) is 66.5 cm³/mol. The molecule has 0 aromatic heterocycles. The van der Waals surface area contributed by atoms with E-state index < -0.39 is 16.3 Å². The van der Waals surface area contributed by atoms with Gasteiger partial charge in [0.05, 0.1) is 22.8 Å². The lowest BCUT2D eigenvalue weighted by Crippen LogP contribution is -2.43. The van der Waals surface area contributed by atoms with E-state index in [9.17, 15) is 19.6 Å². The van der Waals surface area contributed by atoms with Crippen molar-refractivity contribution in [3.05, 3.63) is 34.1 Å². The topological polar surface area (TPSA) is 84.6 Å². The molecule has 1 fully saturated rings. The highest BCUT2D eigenvalue weighted by Crippen LogP contribution is 2.27. The third kappa shape index (κ3) is 2.82. The van der Waals surface area contributed by atoms with Crippen LogP contribution in [0, 0.1) is 15.9 Å². The van der Waals surface area contributed by atoms with Crippen LogP contribution in [0.1, 0.15) is 13.3 Å². The number of rotatable bonds is 4. The van der Waals surface area contributed by atoms with Gasteiger partial charge >= 0.3 is 0 Å². The van der Waals surface area contributed by atoms with Gasteiger partial charge in [0.25, 0.3) is 5.69 Å². The van der Waals surface area contributed by atoms with Crippen LogP contribution in [0.15, 0.2) is 18.2 Å². The summed E-state index contributed by atoms with van der Waals surface area (Å²) in [6.07, 6.45) is 0.136. The van der Waals surface area contributed by atoms with Gasteiger partial charge in [-0.25, -0.2) is 4.39 Å². The van der Waals surface area contributed by atoms with Gasteiger partial charge in [-0.2, -0.15) is 0 Å². The molecule has 7 heteroatoms. The Morgan fingerprint density at radius 3 is 2.95 bits per heavy atom. The first-order valence-electron chi connectivity index (χ1n) is 5.94. The predicted octanol–water partition coefficient (Wildman–Crippen LogP) is 1.69. The summed E-state index contributed by atoms with van der Waals surface area (Å²) < 4.78 is 18.9. The fourth-order valence-corrected chi connectivity index (χ4v) is 2.01. The van der Waals surface area contributed by atoms with Crippen LogP contribution in [0.5, 0.6) is 0 Å². The van der Waals surface area contributed by atoms with Crippen LogP contribution in [-0.2, 0) is 4.74 Å². The second kappa shape index (κ2) is 5.10. The van der Waals surface area contributed by atoms with Crippen LogP contribution in [0.2, 0.25) is 0 Å². The number of nitro benzene ring substituents is 1. The molecular weight excluding hydrogens is 255 g/mol. The zero-order valence-electron chi connectivity index (χ0n) is 10.4. The molecule has 1 aromatic carbocycles. The number of anilines is 1. The summed E-state index contributed by atoms with van der Waals surface area (Å²) in [7, 11) is 0. The van der Waals surface area contributed by atoms with Crippen molar-refractivity contribution in [2.45, 2.75) is 25.0 Å². The molecule has 2 unspecified atom stereocenters. The van der Waals surface area contributed by atoms with Crippen LogP contribution in [0.3, 0.4) is 0 Å². The van der Waals surface area contributed by atoms with E-state index in [0.717, 1.165) is 6.07 Å². The van der Waals surface area contributed by atoms with Gasteiger partial charge in [0.1, 0.15) is 5.60 Å². The second-order valence-electron chi connectivity index (χ2n) is 4.64. The second-order valence-corrected chi connectivity index (χ2v) is 4.64. The molecule has 1 aromatic rings. The van der Waals surface area contributed by atoms with Crippen molar-refractivity contribution in [1.82, 2.24) is 0 Å². The Morgan fingerprint density at radius 2 is 2.42 bits per heavy atom. The molecule has 1 heterocycles. The van der Waals surface area contributed by atoms with E-state index in [2.05, 4.69) is 5.32 Å². The number of hydrogen-bond acceptors (Lipinski definition) is 5. The van der Waals surface area contributed by atoms with Crippen molar-refractivity contribution in [2.24, 2.45) is 0 Å². The Kier molecular flexibility index (Phi) is 3.68. The molecule has 0 amide bonds. The number of halogens is 1. The SMILES string of the molecule is CC1OCCC1(O)CNc1ccc([N+](=O)[O-])cc1F. The van der Waals surface area contributed by atoms with E-state index in [1.165, 1.54) is 12.1 Å². The van der Waals surface area contributed by atoms with Crippen LogP contribution in [0.25, 0.3) is 0 Å². The van der Waals surface area contributed by atoms with E-state index >= 15 is 0 Å². The van der Waals surface area contributed by atoms with Gasteiger partial charge in [-0.05, 0) is 13.0 Å². The lowest BCUT2D eigenvalue weighted by molar-refractivity contribution is -0.385. The largest absolute Gasteiger partial charge is 0.385 e. The molecule has 2 N–H and O–H groups in total. The van der Waals surface area contributed by atoms with Crippen LogP contribution < -0.4 is 5.32 Å². The highest BCUT2D eigenvalue weighted by molar-refractivity contribution is 5.50. The molecule has 0 aliphatic carbocycles. The minimum atomic E-state index is -1.05. The minimum absolute atomic E-state index is 0.123. The fourth-order valence-electron chi connectivity index (χ4n) is 2.01. The summed E-state index contributed by atoms with van der Waals surface area (Å²) in [5, 5.41) is 23.5. The smallest absolute Gasteiger partial charge is 0.272 e. The summed E-state index contributed by atoms with van der Waals surface area (Å²) in [6.45, 7) is 2.34. The first kappa shape index (κ1) is 13.7. The van der Waals surface area contributed by atoms with Crippen molar-refractivity contribution in [2.75, 3.05) is 18.5 Å². The van der Waals surface area contributed by atoms with Gasteiger partial charge in [0.2, 0.25) is 0 Å². The van der Waals surface area contributed by atoms with Crippen LogP contribution in [-0.4, -0.2) is 34.9 Å². The molecule has 0 bridgehead atoms. The number of aliphatic hydroxyl groups is 1. The Bertz CT molecular complexity index is 497. The van der Waals surface area contributed by atoms with Gasteiger partial charge in [0, 0.05) is 25.6 Å². The lowest BCUT2D eigenvalue weighted by Gasteiger charge is -2.26. The normalized spacial score (nSPS) is 26.4. The van der Waals surface area contributed by atoms with E-state index in [1.807, 2.05) is 0 Å². The first-order chi connectivity index (χ1) is 8.92. The molecule has 1 aliphatic rings. The standard InChI is InChI=1S/C12H15FN2O4/c1-8-12(16,4-5-19-8)7-14-11-3-2-9(15(17)18)6-10(11)13/h2-3,6,8,14,16H,4-5,7H2,1H3. The molecule has 0 spiro atoms. The Hall–Kier alpha value is -1.73. The highest BCUT2D eigenvalue weighted by atomic mass is 19.1. The minimum Gasteiger partial charge on any atom is -0.385 e. The maximum atomic E-state index is 13.6.